The van der Waals surface area contributed by atoms with E-state index in [1.165, 1.54) is 7.11 Å². The normalized spacial score (nSPS) is 15.3. The molecule has 7 heteroatoms. The Labute approximate surface area is 138 Å². The van der Waals surface area contributed by atoms with Crippen LogP contribution >= 0.6 is 0 Å². The molecule has 0 radical (unpaired) electrons. The summed E-state index contributed by atoms with van der Waals surface area (Å²) in [5, 5.41) is 3.43. The molecule has 1 aliphatic heterocycles. The molecule has 1 aliphatic rings. The van der Waals surface area contributed by atoms with E-state index in [1.807, 2.05) is 6.07 Å². The Balaban J connectivity index is 1.73. The van der Waals surface area contributed by atoms with E-state index in [0.717, 1.165) is 0 Å². The van der Waals surface area contributed by atoms with Gasteiger partial charge in [0.25, 0.3) is 5.91 Å². The van der Waals surface area contributed by atoms with Gasteiger partial charge in [0.15, 0.2) is 0 Å². The van der Waals surface area contributed by atoms with E-state index in [0.29, 0.717) is 36.9 Å². The number of fused-ring (bicyclic) bond motifs is 1. The molecule has 1 N–H and O–H groups in total. The van der Waals surface area contributed by atoms with Gasteiger partial charge >= 0.3 is 11.7 Å². The van der Waals surface area contributed by atoms with E-state index in [1.54, 1.807) is 29.2 Å². The molecule has 0 unspecified atom stereocenters. The van der Waals surface area contributed by atoms with Crippen molar-refractivity contribution in [1.82, 2.24) is 10.2 Å². The standard InChI is InChI=1S/C17H18N2O5/c1-23-17(22)18-12-6-8-19(9-7-12)15(20)13-10-11-4-2-3-5-14(11)24-16(13)21/h2-5,10,12H,6-9H2,1H3,(H,18,22). The van der Waals surface area contributed by atoms with E-state index in [-0.39, 0.29) is 17.5 Å². The topological polar surface area (TPSA) is 88.8 Å². The van der Waals surface area contributed by atoms with Crippen molar-refractivity contribution < 1.29 is 18.7 Å². The maximum atomic E-state index is 12.6. The lowest BCUT2D eigenvalue weighted by molar-refractivity contribution is 0.0700. The molecule has 0 saturated carbocycles. The fourth-order valence-corrected chi connectivity index (χ4v) is 2.83. The molecule has 126 valence electrons. The summed E-state index contributed by atoms with van der Waals surface area (Å²) >= 11 is 0. The maximum Gasteiger partial charge on any atom is 0.407 e. The number of amides is 2. The van der Waals surface area contributed by atoms with Gasteiger partial charge in [-0.05, 0) is 25.0 Å². The first-order valence-electron chi connectivity index (χ1n) is 7.75. The van der Waals surface area contributed by atoms with E-state index in [4.69, 9.17) is 4.42 Å². The minimum atomic E-state index is -0.631. The Bertz CT molecular complexity index is 821. The number of benzene rings is 1. The van der Waals surface area contributed by atoms with E-state index < -0.39 is 11.7 Å². The first-order valence-corrected chi connectivity index (χ1v) is 7.75. The summed E-state index contributed by atoms with van der Waals surface area (Å²) in [4.78, 5) is 37.5. The molecule has 1 fully saturated rings. The molecule has 2 aromatic rings. The molecule has 0 aliphatic carbocycles. The highest BCUT2D eigenvalue weighted by molar-refractivity contribution is 5.96. The lowest BCUT2D eigenvalue weighted by atomic mass is 10.0. The third kappa shape index (κ3) is 3.24. The van der Waals surface area contributed by atoms with Crippen molar-refractivity contribution in [2.45, 2.75) is 18.9 Å². The number of hydrogen-bond donors (Lipinski definition) is 1. The minimum absolute atomic E-state index is 0.0329. The van der Waals surface area contributed by atoms with Gasteiger partial charge in [-0.15, -0.1) is 0 Å². The van der Waals surface area contributed by atoms with Gasteiger partial charge < -0.3 is 19.4 Å². The highest BCUT2D eigenvalue weighted by atomic mass is 16.5. The molecular formula is C17H18N2O5. The van der Waals surface area contributed by atoms with Gasteiger partial charge in [-0.3, -0.25) is 4.79 Å². The van der Waals surface area contributed by atoms with Gasteiger partial charge in [-0.25, -0.2) is 9.59 Å². The van der Waals surface area contributed by atoms with Crippen LogP contribution in [-0.4, -0.2) is 43.1 Å². The number of ether oxygens (including phenoxy) is 1. The second kappa shape index (κ2) is 6.74. The SMILES string of the molecule is COC(=O)NC1CCN(C(=O)c2cc3ccccc3oc2=O)CC1. The number of alkyl carbamates (subject to hydrolysis) is 1. The van der Waals surface area contributed by atoms with Crippen molar-refractivity contribution in [2.24, 2.45) is 0 Å². The van der Waals surface area contributed by atoms with Gasteiger partial charge in [0, 0.05) is 24.5 Å². The summed E-state index contributed by atoms with van der Waals surface area (Å²) in [7, 11) is 1.31. The molecule has 0 spiro atoms. The monoisotopic (exact) mass is 330 g/mol. The van der Waals surface area contributed by atoms with Gasteiger partial charge in [0.2, 0.25) is 0 Å². The summed E-state index contributed by atoms with van der Waals surface area (Å²) in [5.74, 6) is -0.342. The van der Waals surface area contributed by atoms with Crippen molar-refractivity contribution in [3.05, 3.63) is 46.3 Å². The van der Waals surface area contributed by atoms with Crippen LogP contribution in [0.4, 0.5) is 4.79 Å². The summed E-state index contributed by atoms with van der Waals surface area (Å²) in [6.07, 6.45) is 0.745. The molecular weight excluding hydrogens is 312 g/mol. The molecule has 1 saturated heterocycles. The number of carbonyl (C=O) groups is 2. The zero-order valence-corrected chi connectivity index (χ0v) is 13.3. The van der Waals surface area contributed by atoms with Gasteiger partial charge in [-0.1, -0.05) is 18.2 Å². The predicted octanol–water partition coefficient (Wildman–Crippen LogP) is 1.75. The minimum Gasteiger partial charge on any atom is -0.453 e. The zero-order chi connectivity index (χ0) is 17.1. The number of nitrogens with zero attached hydrogens (tertiary/aromatic N) is 1. The average Bonchev–Trinajstić information content (AvgIpc) is 2.61. The lowest BCUT2D eigenvalue weighted by Gasteiger charge is -2.31. The fourth-order valence-electron chi connectivity index (χ4n) is 2.83. The maximum absolute atomic E-state index is 12.6. The smallest absolute Gasteiger partial charge is 0.407 e. The molecule has 24 heavy (non-hydrogen) atoms. The van der Waals surface area contributed by atoms with Crippen LogP contribution in [0.3, 0.4) is 0 Å². The van der Waals surface area contributed by atoms with E-state index in [9.17, 15) is 14.4 Å². The number of para-hydroxylation sites is 1. The van der Waals surface area contributed by atoms with Crippen LogP contribution in [0.5, 0.6) is 0 Å². The van der Waals surface area contributed by atoms with Gasteiger partial charge in [0.05, 0.1) is 7.11 Å². The molecule has 3 rings (SSSR count). The Hall–Kier alpha value is -2.83. The first-order chi connectivity index (χ1) is 11.6. The highest BCUT2D eigenvalue weighted by Crippen LogP contribution is 2.16. The van der Waals surface area contributed by atoms with Gasteiger partial charge in [-0.2, -0.15) is 0 Å². The Morgan fingerprint density at radius 3 is 2.67 bits per heavy atom. The van der Waals surface area contributed by atoms with Crippen molar-refractivity contribution in [3.63, 3.8) is 0 Å². The van der Waals surface area contributed by atoms with Crippen molar-refractivity contribution in [1.29, 1.82) is 0 Å². The van der Waals surface area contributed by atoms with Crippen LogP contribution in [0.1, 0.15) is 23.2 Å². The number of rotatable bonds is 2. The van der Waals surface area contributed by atoms with Crippen LogP contribution in [-0.2, 0) is 4.74 Å². The molecule has 0 atom stereocenters. The van der Waals surface area contributed by atoms with Crippen LogP contribution < -0.4 is 10.9 Å². The summed E-state index contributed by atoms with van der Waals surface area (Å²) in [6.45, 7) is 0.916. The van der Waals surface area contributed by atoms with E-state index in [2.05, 4.69) is 10.1 Å². The molecule has 0 bridgehead atoms. The Morgan fingerprint density at radius 1 is 1.25 bits per heavy atom. The van der Waals surface area contributed by atoms with E-state index >= 15 is 0 Å². The largest absolute Gasteiger partial charge is 0.453 e. The van der Waals surface area contributed by atoms with Crippen molar-refractivity contribution in [2.75, 3.05) is 20.2 Å². The number of piperidine rings is 1. The van der Waals surface area contributed by atoms with Crippen molar-refractivity contribution in [3.8, 4) is 0 Å². The molecule has 7 nitrogen and oxygen atoms in total. The lowest BCUT2D eigenvalue weighted by Crippen LogP contribution is -2.47. The molecule has 2 amide bonds. The summed E-state index contributed by atoms with van der Waals surface area (Å²) in [5.41, 5.74) is -0.137. The second-order valence-corrected chi connectivity index (χ2v) is 5.69. The second-order valence-electron chi connectivity index (χ2n) is 5.69. The number of hydrogen-bond acceptors (Lipinski definition) is 5. The van der Waals surface area contributed by atoms with Crippen molar-refractivity contribution >= 4 is 23.0 Å². The Kier molecular flexibility index (Phi) is 4.50. The number of nitrogens with one attached hydrogen (secondary N) is 1. The number of carbonyl (C=O) groups excluding carboxylic acids is 2. The summed E-state index contributed by atoms with van der Waals surface area (Å²) < 4.78 is 9.79. The third-order valence-corrected chi connectivity index (χ3v) is 4.16. The quantitative estimate of drug-likeness (QED) is 0.848. The molecule has 2 heterocycles. The number of likely N-dealkylation sites (tertiary alicyclic amines) is 1. The Morgan fingerprint density at radius 2 is 1.96 bits per heavy atom. The summed E-state index contributed by atoms with van der Waals surface area (Å²) in [6, 6.07) is 8.61. The van der Waals surface area contributed by atoms with Crippen LogP contribution in [0.15, 0.2) is 39.5 Å². The fraction of sp³-hybridized carbons (Fsp3) is 0.353. The molecule has 1 aromatic heterocycles. The highest BCUT2D eigenvalue weighted by Gasteiger charge is 2.26. The van der Waals surface area contributed by atoms with Crippen LogP contribution in [0.2, 0.25) is 0 Å². The van der Waals surface area contributed by atoms with Gasteiger partial charge in [0.1, 0.15) is 11.1 Å². The number of methoxy groups -OCH3 is 1. The van der Waals surface area contributed by atoms with Crippen LogP contribution in [0, 0.1) is 0 Å². The predicted molar refractivity (Wildman–Crippen MR) is 87.0 cm³/mol. The third-order valence-electron chi connectivity index (χ3n) is 4.16. The zero-order valence-electron chi connectivity index (χ0n) is 13.3. The molecule has 1 aromatic carbocycles. The average molecular weight is 330 g/mol. The first kappa shape index (κ1) is 16.0. The van der Waals surface area contributed by atoms with Crippen LogP contribution in [0.25, 0.3) is 11.0 Å².